The van der Waals surface area contributed by atoms with Gasteiger partial charge in [0.05, 0.1) is 12.2 Å². The Morgan fingerprint density at radius 2 is 1.92 bits per heavy atom. The van der Waals surface area contributed by atoms with Gasteiger partial charge in [0.1, 0.15) is 11.6 Å². The van der Waals surface area contributed by atoms with Gasteiger partial charge < -0.3 is 10.6 Å². The van der Waals surface area contributed by atoms with Crippen molar-refractivity contribution in [3.63, 3.8) is 0 Å². The van der Waals surface area contributed by atoms with Crippen molar-refractivity contribution in [1.82, 2.24) is 30.2 Å². The first kappa shape index (κ1) is 16.6. The standard InChI is InChI=1S/C18H21N7/c1-14-20-9-10-25(14)17-7-6-15(11-22-17)12-23-18(19-2)24-13-16-5-3-4-8-21-16/h3-11H,12-13H2,1-2H3,(H2,19,23,24). The summed E-state index contributed by atoms with van der Waals surface area (Å²) in [4.78, 5) is 17.2. The van der Waals surface area contributed by atoms with E-state index in [0.717, 1.165) is 28.9 Å². The van der Waals surface area contributed by atoms with Gasteiger partial charge in [0.25, 0.3) is 0 Å². The molecule has 7 nitrogen and oxygen atoms in total. The van der Waals surface area contributed by atoms with Crippen LogP contribution in [0.2, 0.25) is 0 Å². The summed E-state index contributed by atoms with van der Waals surface area (Å²) in [5, 5.41) is 6.51. The van der Waals surface area contributed by atoms with E-state index < -0.39 is 0 Å². The van der Waals surface area contributed by atoms with Crippen LogP contribution in [0.4, 0.5) is 0 Å². The van der Waals surface area contributed by atoms with Gasteiger partial charge in [-0.25, -0.2) is 9.97 Å². The van der Waals surface area contributed by atoms with E-state index in [4.69, 9.17) is 0 Å². The second-order valence-corrected chi connectivity index (χ2v) is 5.47. The number of hydrogen-bond acceptors (Lipinski definition) is 4. The van der Waals surface area contributed by atoms with Gasteiger partial charge in [-0.2, -0.15) is 0 Å². The van der Waals surface area contributed by atoms with Gasteiger partial charge in [0.2, 0.25) is 0 Å². The average Bonchev–Trinajstić information content (AvgIpc) is 3.09. The molecule has 0 fully saturated rings. The number of pyridine rings is 2. The van der Waals surface area contributed by atoms with E-state index >= 15 is 0 Å². The second kappa shape index (κ2) is 8.05. The first-order valence-electron chi connectivity index (χ1n) is 8.06. The Labute approximate surface area is 146 Å². The summed E-state index contributed by atoms with van der Waals surface area (Å²) < 4.78 is 1.95. The molecule has 0 aromatic carbocycles. The minimum absolute atomic E-state index is 0.623. The van der Waals surface area contributed by atoms with Crippen molar-refractivity contribution in [2.45, 2.75) is 20.0 Å². The van der Waals surface area contributed by atoms with E-state index in [1.165, 1.54) is 0 Å². The molecule has 7 heteroatoms. The predicted octanol–water partition coefficient (Wildman–Crippen LogP) is 1.84. The number of aryl methyl sites for hydroxylation is 1. The molecule has 3 aromatic heterocycles. The van der Waals surface area contributed by atoms with Crippen molar-refractivity contribution in [1.29, 1.82) is 0 Å². The van der Waals surface area contributed by atoms with Crippen LogP contribution in [0, 0.1) is 6.92 Å². The number of nitrogens with one attached hydrogen (secondary N) is 2. The highest BCUT2D eigenvalue weighted by Gasteiger charge is 2.03. The first-order valence-corrected chi connectivity index (χ1v) is 8.06. The normalized spacial score (nSPS) is 11.4. The zero-order valence-corrected chi connectivity index (χ0v) is 14.3. The molecule has 0 bridgehead atoms. The molecule has 0 saturated heterocycles. The van der Waals surface area contributed by atoms with Gasteiger partial charge in [-0.1, -0.05) is 12.1 Å². The molecule has 0 aliphatic rings. The summed E-state index contributed by atoms with van der Waals surface area (Å²) in [6, 6.07) is 9.87. The number of aliphatic imine (C=N–C) groups is 1. The molecule has 0 aliphatic heterocycles. The zero-order chi connectivity index (χ0) is 17.5. The molecule has 0 saturated carbocycles. The number of aromatic nitrogens is 4. The summed E-state index contributed by atoms with van der Waals surface area (Å²) in [6.45, 7) is 3.21. The van der Waals surface area contributed by atoms with E-state index in [0.29, 0.717) is 13.1 Å². The fourth-order valence-electron chi connectivity index (χ4n) is 2.37. The van der Waals surface area contributed by atoms with Crippen molar-refractivity contribution in [3.05, 3.63) is 72.2 Å². The maximum Gasteiger partial charge on any atom is 0.191 e. The third-order valence-electron chi connectivity index (χ3n) is 3.73. The van der Waals surface area contributed by atoms with Crippen molar-refractivity contribution < 1.29 is 0 Å². The largest absolute Gasteiger partial charge is 0.352 e. The number of imidazole rings is 1. The number of hydrogen-bond donors (Lipinski definition) is 2. The summed E-state index contributed by atoms with van der Waals surface area (Å²) in [7, 11) is 1.75. The Morgan fingerprint density at radius 1 is 1.04 bits per heavy atom. The van der Waals surface area contributed by atoms with Crippen LogP contribution < -0.4 is 10.6 Å². The minimum Gasteiger partial charge on any atom is -0.352 e. The predicted molar refractivity (Wildman–Crippen MR) is 97.4 cm³/mol. The van der Waals surface area contributed by atoms with Crippen molar-refractivity contribution in [2.24, 2.45) is 4.99 Å². The molecule has 0 aliphatic carbocycles. The van der Waals surface area contributed by atoms with Gasteiger partial charge in [-0.15, -0.1) is 0 Å². The Bertz CT molecular complexity index is 822. The Hall–Kier alpha value is -3.22. The third-order valence-corrected chi connectivity index (χ3v) is 3.73. The maximum atomic E-state index is 4.49. The molecule has 0 atom stereocenters. The number of guanidine groups is 1. The molecule has 3 rings (SSSR count). The molecule has 3 heterocycles. The third kappa shape index (κ3) is 4.41. The molecule has 2 N–H and O–H groups in total. The Morgan fingerprint density at radius 3 is 2.56 bits per heavy atom. The average molecular weight is 335 g/mol. The zero-order valence-electron chi connectivity index (χ0n) is 14.3. The van der Waals surface area contributed by atoms with Gasteiger partial charge in [0.15, 0.2) is 5.96 Å². The van der Waals surface area contributed by atoms with E-state index in [2.05, 4.69) is 30.6 Å². The fourth-order valence-corrected chi connectivity index (χ4v) is 2.37. The van der Waals surface area contributed by atoms with Gasteiger partial charge in [-0.3, -0.25) is 14.5 Å². The van der Waals surface area contributed by atoms with Gasteiger partial charge in [-0.05, 0) is 30.7 Å². The van der Waals surface area contributed by atoms with Crippen LogP contribution in [0.5, 0.6) is 0 Å². The summed E-state index contributed by atoms with van der Waals surface area (Å²) in [5.74, 6) is 2.49. The lowest BCUT2D eigenvalue weighted by Crippen LogP contribution is -2.36. The maximum absolute atomic E-state index is 4.49. The highest BCUT2D eigenvalue weighted by Crippen LogP contribution is 2.08. The molecular weight excluding hydrogens is 314 g/mol. The highest BCUT2D eigenvalue weighted by atomic mass is 15.2. The van der Waals surface area contributed by atoms with Crippen LogP contribution >= 0.6 is 0 Å². The lowest BCUT2D eigenvalue weighted by atomic mass is 10.3. The molecule has 0 amide bonds. The molecule has 0 radical (unpaired) electrons. The quantitative estimate of drug-likeness (QED) is 0.549. The van der Waals surface area contributed by atoms with E-state index in [9.17, 15) is 0 Å². The molecular formula is C18H21N7. The molecule has 25 heavy (non-hydrogen) atoms. The van der Waals surface area contributed by atoms with E-state index in [1.54, 1.807) is 19.4 Å². The summed E-state index contributed by atoms with van der Waals surface area (Å²) >= 11 is 0. The van der Waals surface area contributed by atoms with E-state index in [-0.39, 0.29) is 0 Å². The molecule has 0 unspecified atom stereocenters. The highest BCUT2D eigenvalue weighted by molar-refractivity contribution is 5.79. The fraction of sp³-hybridized carbons (Fsp3) is 0.222. The van der Waals surface area contributed by atoms with Crippen LogP contribution in [-0.4, -0.2) is 32.5 Å². The summed E-state index contributed by atoms with van der Waals surface area (Å²) in [5.41, 5.74) is 2.04. The SMILES string of the molecule is CN=C(NCc1ccc(-n2ccnc2C)nc1)NCc1ccccn1. The smallest absolute Gasteiger partial charge is 0.191 e. The van der Waals surface area contributed by atoms with Crippen molar-refractivity contribution in [3.8, 4) is 5.82 Å². The number of rotatable bonds is 5. The molecule has 0 spiro atoms. The monoisotopic (exact) mass is 335 g/mol. The van der Waals surface area contributed by atoms with Crippen LogP contribution in [0.25, 0.3) is 5.82 Å². The number of nitrogens with zero attached hydrogens (tertiary/aromatic N) is 5. The topological polar surface area (TPSA) is 80.0 Å². The lowest BCUT2D eigenvalue weighted by molar-refractivity contribution is 0.791. The van der Waals surface area contributed by atoms with Crippen molar-refractivity contribution >= 4 is 5.96 Å². The minimum atomic E-state index is 0.623. The van der Waals surface area contributed by atoms with Crippen LogP contribution in [0.15, 0.2) is 60.1 Å². The second-order valence-electron chi connectivity index (χ2n) is 5.47. The van der Waals surface area contributed by atoms with Gasteiger partial charge in [0, 0.05) is 38.4 Å². The van der Waals surface area contributed by atoms with Crippen LogP contribution in [-0.2, 0) is 13.1 Å². The molecule has 3 aromatic rings. The van der Waals surface area contributed by atoms with E-state index in [1.807, 2.05) is 54.2 Å². The van der Waals surface area contributed by atoms with Crippen LogP contribution in [0.1, 0.15) is 17.1 Å². The summed E-state index contributed by atoms with van der Waals surface area (Å²) in [6.07, 6.45) is 7.30. The molecule has 128 valence electrons. The lowest BCUT2D eigenvalue weighted by Gasteiger charge is -2.12. The van der Waals surface area contributed by atoms with Gasteiger partial charge >= 0.3 is 0 Å². The Balaban J connectivity index is 1.54. The Kier molecular flexibility index (Phi) is 5.36. The van der Waals surface area contributed by atoms with Crippen molar-refractivity contribution in [2.75, 3.05) is 7.05 Å². The first-order chi connectivity index (χ1) is 12.3. The van der Waals surface area contributed by atoms with Crippen LogP contribution in [0.3, 0.4) is 0 Å².